The zero-order valence-corrected chi connectivity index (χ0v) is 22.1. The van der Waals surface area contributed by atoms with Crippen molar-refractivity contribution in [2.75, 3.05) is 13.1 Å². The predicted octanol–water partition coefficient (Wildman–Crippen LogP) is 5.26. The van der Waals surface area contributed by atoms with Gasteiger partial charge in [-0.3, -0.25) is 14.6 Å². The number of amides is 2. The molecule has 5 rings (SSSR count). The molecular weight excluding hydrogens is 474 g/mol. The minimum atomic E-state index is -0.591. The van der Waals surface area contributed by atoms with E-state index in [0.29, 0.717) is 25.1 Å². The standard InChI is InChI=1S/C32H37N3O3/c1-2-29(31(36)34-20-17-26-14-8-9-19-33-26)38-27-16-15-23-18-21-35(32(37)25-12-6-7-13-25)30(28(23)22-27)24-10-4-3-5-11-24/h3-5,8-11,14-16,19,22,25,29-30H,2,6-7,12-13,17-18,20-21H2,1H3,(H,34,36). The highest BCUT2D eigenvalue weighted by atomic mass is 16.5. The van der Waals surface area contributed by atoms with Crippen LogP contribution in [0.15, 0.2) is 72.9 Å². The Balaban J connectivity index is 1.34. The van der Waals surface area contributed by atoms with Crippen LogP contribution in [-0.2, 0) is 22.4 Å². The van der Waals surface area contributed by atoms with Gasteiger partial charge in [0, 0.05) is 37.3 Å². The molecule has 1 aliphatic heterocycles. The molecular formula is C32H37N3O3. The number of pyridine rings is 1. The van der Waals surface area contributed by atoms with Crippen LogP contribution in [0.1, 0.15) is 67.5 Å². The van der Waals surface area contributed by atoms with E-state index in [4.69, 9.17) is 4.74 Å². The molecule has 0 saturated heterocycles. The Morgan fingerprint density at radius 2 is 1.84 bits per heavy atom. The van der Waals surface area contributed by atoms with Crippen molar-refractivity contribution in [1.29, 1.82) is 0 Å². The summed E-state index contributed by atoms with van der Waals surface area (Å²) in [6.45, 7) is 3.18. The quantitative estimate of drug-likeness (QED) is 0.425. The number of nitrogens with zero attached hydrogens (tertiary/aromatic N) is 2. The van der Waals surface area contributed by atoms with Crippen molar-refractivity contribution in [3.8, 4) is 5.75 Å². The molecule has 1 N–H and O–H groups in total. The molecule has 38 heavy (non-hydrogen) atoms. The van der Waals surface area contributed by atoms with Crippen LogP contribution >= 0.6 is 0 Å². The van der Waals surface area contributed by atoms with Crippen LogP contribution in [-0.4, -0.2) is 40.9 Å². The number of nitrogens with one attached hydrogen (secondary N) is 1. The van der Waals surface area contributed by atoms with Gasteiger partial charge in [-0.25, -0.2) is 0 Å². The number of rotatable bonds is 9. The van der Waals surface area contributed by atoms with Crippen LogP contribution in [0.25, 0.3) is 0 Å². The van der Waals surface area contributed by atoms with Gasteiger partial charge >= 0.3 is 0 Å². The van der Waals surface area contributed by atoms with Crippen molar-refractivity contribution in [3.63, 3.8) is 0 Å². The van der Waals surface area contributed by atoms with E-state index in [1.54, 1.807) is 6.20 Å². The SMILES string of the molecule is CCC(Oc1ccc2c(c1)C(c1ccccc1)N(C(=O)C1CCCC1)CC2)C(=O)NCCc1ccccn1. The summed E-state index contributed by atoms with van der Waals surface area (Å²) in [7, 11) is 0. The first-order valence-corrected chi connectivity index (χ1v) is 14.0. The van der Waals surface area contributed by atoms with E-state index < -0.39 is 6.10 Å². The van der Waals surface area contributed by atoms with Crippen LogP contribution in [0, 0.1) is 5.92 Å². The third-order valence-electron chi connectivity index (χ3n) is 7.80. The summed E-state index contributed by atoms with van der Waals surface area (Å²) >= 11 is 0. The van der Waals surface area contributed by atoms with Crippen LogP contribution in [0.4, 0.5) is 0 Å². The van der Waals surface area contributed by atoms with Gasteiger partial charge in [-0.1, -0.05) is 62.2 Å². The van der Waals surface area contributed by atoms with E-state index in [1.807, 2.05) is 55.5 Å². The number of carbonyl (C=O) groups is 2. The first-order chi connectivity index (χ1) is 18.6. The summed E-state index contributed by atoms with van der Waals surface area (Å²) in [4.78, 5) is 33.0. The van der Waals surface area contributed by atoms with Crippen molar-refractivity contribution in [2.24, 2.45) is 5.92 Å². The number of fused-ring (bicyclic) bond motifs is 1. The van der Waals surface area contributed by atoms with Crippen molar-refractivity contribution in [3.05, 3.63) is 95.3 Å². The normalized spacial score (nSPS) is 18.0. The Hall–Kier alpha value is -3.67. The molecule has 3 aromatic rings. The average Bonchev–Trinajstić information content (AvgIpc) is 3.51. The lowest BCUT2D eigenvalue weighted by molar-refractivity contribution is -0.137. The number of aromatic nitrogens is 1. The summed E-state index contributed by atoms with van der Waals surface area (Å²) in [6, 6.07) is 22.0. The molecule has 2 atom stereocenters. The lowest BCUT2D eigenvalue weighted by atomic mass is 9.87. The zero-order chi connectivity index (χ0) is 26.3. The number of ether oxygens (including phenoxy) is 1. The van der Waals surface area contributed by atoms with Crippen molar-refractivity contribution in [1.82, 2.24) is 15.2 Å². The van der Waals surface area contributed by atoms with Crippen molar-refractivity contribution in [2.45, 2.75) is 64.0 Å². The van der Waals surface area contributed by atoms with E-state index in [2.05, 4.69) is 33.4 Å². The zero-order valence-electron chi connectivity index (χ0n) is 22.1. The minimum absolute atomic E-state index is 0.126. The van der Waals surface area contributed by atoms with Gasteiger partial charge in [0.25, 0.3) is 5.91 Å². The van der Waals surface area contributed by atoms with Gasteiger partial charge in [-0.2, -0.15) is 0 Å². The molecule has 2 amide bonds. The molecule has 1 fully saturated rings. The highest BCUT2D eigenvalue weighted by Gasteiger charge is 2.36. The molecule has 0 bridgehead atoms. The van der Waals surface area contributed by atoms with E-state index in [0.717, 1.165) is 55.5 Å². The fourth-order valence-electron chi connectivity index (χ4n) is 5.77. The maximum absolute atomic E-state index is 13.6. The van der Waals surface area contributed by atoms with Crippen LogP contribution < -0.4 is 10.1 Å². The van der Waals surface area contributed by atoms with Crippen LogP contribution in [0.2, 0.25) is 0 Å². The monoisotopic (exact) mass is 511 g/mol. The number of hydrogen-bond acceptors (Lipinski definition) is 4. The molecule has 6 nitrogen and oxygen atoms in total. The number of benzene rings is 2. The lowest BCUT2D eigenvalue weighted by Gasteiger charge is -2.39. The topological polar surface area (TPSA) is 71.5 Å². The van der Waals surface area contributed by atoms with Crippen molar-refractivity contribution < 1.29 is 14.3 Å². The highest BCUT2D eigenvalue weighted by Crippen LogP contribution is 2.39. The summed E-state index contributed by atoms with van der Waals surface area (Å²) in [6.07, 6.45) is 7.47. The third-order valence-corrected chi connectivity index (χ3v) is 7.80. The van der Waals surface area contributed by atoms with Gasteiger partial charge < -0.3 is 15.0 Å². The van der Waals surface area contributed by atoms with Crippen LogP contribution in [0.5, 0.6) is 5.75 Å². The molecule has 0 radical (unpaired) electrons. The average molecular weight is 512 g/mol. The second-order valence-corrected chi connectivity index (χ2v) is 10.3. The van der Waals surface area contributed by atoms with Gasteiger partial charge in [0.1, 0.15) is 5.75 Å². The van der Waals surface area contributed by atoms with Gasteiger partial charge in [-0.15, -0.1) is 0 Å². The third kappa shape index (κ3) is 5.90. The molecule has 1 aliphatic carbocycles. The van der Waals surface area contributed by atoms with E-state index in [9.17, 15) is 9.59 Å². The summed E-state index contributed by atoms with van der Waals surface area (Å²) in [5.74, 6) is 0.930. The minimum Gasteiger partial charge on any atom is -0.481 e. The Labute approximate surface area is 225 Å². The molecule has 2 heterocycles. The van der Waals surface area contributed by atoms with Gasteiger partial charge in [0.05, 0.1) is 6.04 Å². The Morgan fingerprint density at radius 1 is 1.05 bits per heavy atom. The maximum Gasteiger partial charge on any atom is 0.261 e. The molecule has 0 spiro atoms. The largest absolute Gasteiger partial charge is 0.481 e. The Bertz CT molecular complexity index is 1230. The van der Waals surface area contributed by atoms with E-state index in [-0.39, 0.29) is 23.8 Å². The van der Waals surface area contributed by atoms with Crippen molar-refractivity contribution >= 4 is 11.8 Å². The first kappa shape index (κ1) is 26.0. The Morgan fingerprint density at radius 3 is 2.58 bits per heavy atom. The predicted molar refractivity (Wildman–Crippen MR) is 148 cm³/mol. The molecule has 1 aromatic heterocycles. The molecule has 2 aliphatic rings. The fraction of sp³-hybridized carbons (Fsp3) is 0.406. The smallest absolute Gasteiger partial charge is 0.261 e. The molecule has 6 heteroatoms. The molecule has 198 valence electrons. The molecule has 1 saturated carbocycles. The number of carbonyl (C=O) groups excluding carboxylic acids is 2. The van der Waals surface area contributed by atoms with Gasteiger partial charge in [0.15, 0.2) is 6.10 Å². The first-order valence-electron chi connectivity index (χ1n) is 14.0. The van der Waals surface area contributed by atoms with E-state index in [1.165, 1.54) is 5.56 Å². The van der Waals surface area contributed by atoms with Gasteiger partial charge in [0.2, 0.25) is 5.91 Å². The second-order valence-electron chi connectivity index (χ2n) is 10.3. The summed E-state index contributed by atoms with van der Waals surface area (Å²) in [5, 5.41) is 3.00. The number of hydrogen-bond donors (Lipinski definition) is 1. The lowest BCUT2D eigenvalue weighted by Crippen LogP contribution is -2.43. The second kappa shape index (κ2) is 12.2. The molecule has 2 aromatic carbocycles. The van der Waals surface area contributed by atoms with Gasteiger partial charge in [-0.05, 0) is 66.6 Å². The van der Waals surface area contributed by atoms with E-state index >= 15 is 0 Å². The summed E-state index contributed by atoms with van der Waals surface area (Å²) < 4.78 is 6.24. The molecule has 2 unspecified atom stereocenters. The Kier molecular flexibility index (Phi) is 8.37. The van der Waals surface area contributed by atoms with Crippen LogP contribution in [0.3, 0.4) is 0 Å². The summed E-state index contributed by atoms with van der Waals surface area (Å²) in [5.41, 5.74) is 4.38. The highest BCUT2D eigenvalue weighted by molar-refractivity contribution is 5.81. The maximum atomic E-state index is 13.6. The fourth-order valence-corrected chi connectivity index (χ4v) is 5.77.